The Kier molecular flexibility index (Phi) is 2.51. The molecule has 1 aliphatic heterocycles. The number of aliphatic hydroxyl groups excluding tert-OH is 1. The number of benzene rings is 1. The standard InChI is InChI=1S/C10H9F2NO3/c11-5-1-7(12)9(8(15)2-5)10(16)13-3-6(14)4-13/h1-2,6,14-15H,3-4H2. The van der Waals surface area contributed by atoms with E-state index in [1.54, 1.807) is 0 Å². The normalized spacial score (nSPS) is 16.1. The maximum absolute atomic E-state index is 13.3. The fourth-order valence-electron chi connectivity index (χ4n) is 1.55. The molecule has 0 atom stereocenters. The highest BCUT2D eigenvalue weighted by Gasteiger charge is 2.32. The summed E-state index contributed by atoms with van der Waals surface area (Å²) in [5, 5.41) is 18.3. The summed E-state index contributed by atoms with van der Waals surface area (Å²) in [5.41, 5.74) is -0.562. The van der Waals surface area contributed by atoms with Crippen molar-refractivity contribution in [3.63, 3.8) is 0 Å². The lowest BCUT2D eigenvalue weighted by molar-refractivity contribution is 0.00537. The van der Waals surface area contributed by atoms with Crippen LogP contribution in [0.3, 0.4) is 0 Å². The van der Waals surface area contributed by atoms with Crippen molar-refractivity contribution >= 4 is 5.91 Å². The van der Waals surface area contributed by atoms with Crippen LogP contribution in [0, 0.1) is 11.6 Å². The third-order valence-corrected chi connectivity index (χ3v) is 2.40. The fraction of sp³-hybridized carbons (Fsp3) is 0.300. The minimum absolute atomic E-state index is 0.0924. The van der Waals surface area contributed by atoms with Gasteiger partial charge >= 0.3 is 0 Å². The Morgan fingerprint density at radius 2 is 2.00 bits per heavy atom. The molecule has 1 fully saturated rings. The van der Waals surface area contributed by atoms with Crippen LogP contribution in [-0.2, 0) is 0 Å². The van der Waals surface area contributed by atoms with Crippen molar-refractivity contribution < 1.29 is 23.8 Å². The van der Waals surface area contributed by atoms with Crippen LogP contribution in [0.1, 0.15) is 10.4 Å². The van der Waals surface area contributed by atoms with Crippen LogP contribution in [-0.4, -0.2) is 40.2 Å². The number of aromatic hydroxyl groups is 1. The fourth-order valence-corrected chi connectivity index (χ4v) is 1.55. The van der Waals surface area contributed by atoms with Crippen molar-refractivity contribution in [1.29, 1.82) is 0 Å². The topological polar surface area (TPSA) is 60.8 Å². The highest BCUT2D eigenvalue weighted by Crippen LogP contribution is 2.25. The third-order valence-electron chi connectivity index (χ3n) is 2.40. The maximum atomic E-state index is 13.3. The molecular weight excluding hydrogens is 220 g/mol. The van der Waals surface area contributed by atoms with E-state index in [0.29, 0.717) is 12.1 Å². The summed E-state index contributed by atoms with van der Waals surface area (Å²) in [5.74, 6) is -3.54. The van der Waals surface area contributed by atoms with E-state index in [1.807, 2.05) is 0 Å². The van der Waals surface area contributed by atoms with Gasteiger partial charge in [-0.1, -0.05) is 0 Å². The first-order valence-electron chi connectivity index (χ1n) is 4.64. The number of carbonyl (C=O) groups is 1. The Bertz CT molecular complexity index is 421. The quantitative estimate of drug-likeness (QED) is 0.736. The number of likely N-dealkylation sites (tertiary alicyclic amines) is 1. The number of amides is 1. The molecule has 1 heterocycles. The second-order valence-electron chi connectivity index (χ2n) is 3.65. The Labute approximate surface area is 89.7 Å². The Morgan fingerprint density at radius 1 is 1.38 bits per heavy atom. The van der Waals surface area contributed by atoms with Crippen LogP contribution >= 0.6 is 0 Å². The molecule has 1 amide bonds. The number of phenolic OH excluding ortho intramolecular Hbond substituents is 1. The summed E-state index contributed by atoms with van der Waals surface area (Å²) < 4.78 is 25.9. The molecule has 2 N–H and O–H groups in total. The van der Waals surface area contributed by atoms with Crippen LogP contribution in [0.2, 0.25) is 0 Å². The summed E-state index contributed by atoms with van der Waals surface area (Å²) >= 11 is 0. The van der Waals surface area contributed by atoms with Crippen LogP contribution < -0.4 is 0 Å². The summed E-state index contributed by atoms with van der Waals surface area (Å²) in [6, 6.07) is 1.20. The lowest BCUT2D eigenvalue weighted by Crippen LogP contribution is -2.53. The van der Waals surface area contributed by atoms with Gasteiger partial charge in [0.2, 0.25) is 0 Å². The van der Waals surface area contributed by atoms with Gasteiger partial charge in [0.1, 0.15) is 22.9 Å². The van der Waals surface area contributed by atoms with Gasteiger partial charge in [0, 0.05) is 25.2 Å². The van der Waals surface area contributed by atoms with E-state index < -0.39 is 35.0 Å². The molecule has 0 saturated carbocycles. The van der Waals surface area contributed by atoms with Gasteiger partial charge in [-0.3, -0.25) is 4.79 Å². The molecule has 0 aliphatic carbocycles. The van der Waals surface area contributed by atoms with Crippen molar-refractivity contribution in [3.05, 3.63) is 29.3 Å². The minimum atomic E-state index is -1.11. The monoisotopic (exact) mass is 229 g/mol. The Hall–Kier alpha value is -1.69. The van der Waals surface area contributed by atoms with Crippen molar-refractivity contribution in [2.45, 2.75) is 6.10 Å². The zero-order chi connectivity index (χ0) is 11.9. The van der Waals surface area contributed by atoms with E-state index in [1.165, 1.54) is 4.90 Å². The average molecular weight is 229 g/mol. The van der Waals surface area contributed by atoms with Gasteiger partial charge < -0.3 is 15.1 Å². The highest BCUT2D eigenvalue weighted by molar-refractivity contribution is 5.97. The van der Waals surface area contributed by atoms with Gasteiger partial charge in [-0.05, 0) is 0 Å². The number of β-amino-alcohol motifs (C(OH)–C–C–N with tert-alkyl or cyclic N) is 1. The van der Waals surface area contributed by atoms with Crippen molar-refractivity contribution in [3.8, 4) is 5.75 Å². The average Bonchev–Trinajstić information content (AvgIpc) is 2.10. The second kappa shape index (κ2) is 3.71. The predicted octanol–water partition coefficient (Wildman–Crippen LogP) is 0.487. The number of carbonyl (C=O) groups excluding carboxylic acids is 1. The molecule has 4 nitrogen and oxygen atoms in total. The van der Waals surface area contributed by atoms with E-state index in [-0.39, 0.29) is 13.1 Å². The van der Waals surface area contributed by atoms with Crippen LogP contribution in [0.5, 0.6) is 5.75 Å². The van der Waals surface area contributed by atoms with E-state index in [9.17, 15) is 18.7 Å². The van der Waals surface area contributed by atoms with E-state index in [0.717, 1.165) is 0 Å². The van der Waals surface area contributed by atoms with Gasteiger partial charge in [-0.25, -0.2) is 8.78 Å². The first-order valence-corrected chi connectivity index (χ1v) is 4.64. The van der Waals surface area contributed by atoms with Crippen LogP contribution in [0.15, 0.2) is 12.1 Å². The third kappa shape index (κ3) is 1.71. The smallest absolute Gasteiger partial charge is 0.260 e. The molecule has 6 heteroatoms. The number of phenols is 1. The maximum Gasteiger partial charge on any atom is 0.260 e. The van der Waals surface area contributed by atoms with Gasteiger partial charge in [-0.2, -0.15) is 0 Å². The largest absolute Gasteiger partial charge is 0.507 e. The first-order chi connectivity index (χ1) is 7.49. The zero-order valence-corrected chi connectivity index (χ0v) is 8.15. The molecular formula is C10H9F2NO3. The minimum Gasteiger partial charge on any atom is -0.507 e. The lowest BCUT2D eigenvalue weighted by Gasteiger charge is -2.35. The molecule has 1 aliphatic rings. The first kappa shape index (κ1) is 10.8. The molecule has 1 saturated heterocycles. The van der Waals surface area contributed by atoms with Crippen molar-refractivity contribution in [2.75, 3.05) is 13.1 Å². The van der Waals surface area contributed by atoms with E-state index in [2.05, 4.69) is 0 Å². The Balaban J connectivity index is 2.30. The predicted molar refractivity (Wildman–Crippen MR) is 49.9 cm³/mol. The van der Waals surface area contributed by atoms with Crippen LogP contribution in [0.4, 0.5) is 8.78 Å². The van der Waals surface area contributed by atoms with Crippen molar-refractivity contribution in [2.24, 2.45) is 0 Å². The number of halogens is 2. The van der Waals surface area contributed by atoms with Gasteiger partial charge in [0.25, 0.3) is 5.91 Å². The summed E-state index contributed by atoms with van der Waals surface area (Å²) in [4.78, 5) is 12.8. The zero-order valence-electron chi connectivity index (χ0n) is 8.15. The number of hydrogen-bond acceptors (Lipinski definition) is 3. The molecule has 0 radical (unpaired) electrons. The van der Waals surface area contributed by atoms with E-state index >= 15 is 0 Å². The molecule has 1 aromatic rings. The van der Waals surface area contributed by atoms with E-state index in [4.69, 9.17) is 5.11 Å². The molecule has 1 aromatic carbocycles. The molecule has 0 aromatic heterocycles. The van der Waals surface area contributed by atoms with Gasteiger partial charge in [0.15, 0.2) is 0 Å². The second-order valence-corrected chi connectivity index (χ2v) is 3.65. The molecule has 86 valence electrons. The molecule has 16 heavy (non-hydrogen) atoms. The lowest BCUT2D eigenvalue weighted by atomic mass is 10.1. The van der Waals surface area contributed by atoms with Gasteiger partial charge in [-0.15, -0.1) is 0 Å². The number of aliphatic hydroxyl groups is 1. The van der Waals surface area contributed by atoms with Crippen LogP contribution in [0.25, 0.3) is 0 Å². The van der Waals surface area contributed by atoms with Crippen molar-refractivity contribution in [1.82, 2.24) is 4.90 Å². The molecule has 0 unspecified atom stereocenters. The summed E-state index contributed by atoms with van der Waals surface area (Å²) in [6.45, 7) is 0.185. The molecule has 0 spiro atoms. The number of hydrogen-bond donors (Lipinski definition) is 2. The summed E-state index contributed by atoms with van der Waals surface area (Å²) in [7, 11) is 0. The molecule has 0 bridgehead atoms. The highest BCUT2D eigenvalue weighted by atomic mass is 19.1. The summed E-state index contributed by atoms with van der Waals surface area (Å²) in [6.07, 6.45) is -0.616. The number of rotatable bonds is 1. The van der Waals surface area contributed by atoms with Gasteiger partial charge in [0.05, 0.1) is 6.10 Å². The SMILES string of the molecule is O=C(c1c(O)cc(F)cc1F)N1CC(O)C1. The molecule has 2 rings (SSSR count). The Morgan fingerprint density at radius 3 is 2.50 bits per heavy atom. The number of nitrogens with zero attached hydrogens (tertiary/aromatic N) is 1.